The molecule has 0 aliphatic rings. The molecular weight excluding hydrogens is 484 g/mol. The first kappa shape index (κ1) is 26.2. The zero-order valence-electron chi connectivity index (χ0n) is 19.0. The van der Waals surface area contributed by atoms with E-state index < -0.39 is 18.9 Å². The average Bonchev–Trinajstić information content (AvgIpc) is 3.29. The third-order valence-electron chi connectivity index (χ3n) is 5.40. The lowest BCUT2D eigenvalue weighted by Gasteiger charge is -2.27. The van der Waals surface area contributed by atoms with Gasteiger partial charge in [-0.1, -0.05) is 48.9 Å². The zero-order valence-corrected chi connectivity index (χ0v) is 20.5. The fourth-order valence-electron chi connectivity index (χ4n) is 3.32. The summed E-state index contributed by atoms with van der Waals surface area (Å²) >= 11 is 12.0. The molecule has 3 rings (SSSR count). The van der Waals surface area contributed by atoms with Crippen LogP contribution in [0.1, 0.15) is 30.7 Å². The van der Waals surface area contributed by atoms with E-state index in [-0.39, 0.29) is 36.7 Å². The Balaban J connectivity index is 1.59. The molecule has 1 aromatic heterocycles. The van der Waals surface area contributed by atoms with Crippen LogP contribution in [0.2, 0.25) is 5.02 Å². The highest BCUT2D eigenvalue weighted by Gasteiger charge is 2.24. The largest absolute Gasteiger partial charge is 0.491 e. The molecule has 2 atom stereocenters. The Bertz CT molecular complexity index is 1060. The van der Waals surface area contributed by atoms with Crippen molar-refractivity contribution >= 4 is 23.2 Å². The van der Waals surface area contributed by atoms with Crippen LogP contribution >= 0.6 is 23.2 Å². The summed E-state index contributed by atoms with van der Waals surface area (Å²) in [6.07, 6.45) is -0.125. The molecule has 10 heteroatoms. The molecule has 0 unspecified atom stereocenters. The highest BCUT2D eigenvalue weighted by molar-refractivity contribution is 6.32. The normalized spacial score (nSPS) is 13.5. The average molecular weight is 512 g/mol. The summed E-state index contributed by atoms with van der Waals surface area (Å²) in [5.74, 6) is 1.19. The van der Waals surface area contributed by atoms with Gasteiger partial charge in [0.1, 0.15) is 49.3 Å². The maximum atomic E-state index is 12.6. The van der Waals surface area contributed by atoms with E-state index >= 15 is 0 Å². The lowest BCUT2D eigenvalue weighted by molar-refractivity contribution is 0.0888. The summed E-state index contributed by atoms with van der Waals surface area (Å²) in [4.78, 5) is 0. The maximum absolute atomic E-state index is 12.6. The van der Waals surface area contributed by atoms with Gasteiger partial charge in [0.2, 0.25) is 0 Å². The number of ether oxygens (including phenoxy) is 2. The van der Waals surface area contributed by atoms with Crippen LogP contribution in [-0.2, 0) is 18.6 Å². The van der Waals surface area contributed by atoms with E-state index in [0.717, 1.165) is 11.1 Å². The van der Waals surface area contributed by atoms with E-state index in [4.69, 9.17) is 32.7 Å². The smallest absolute Gasteiger partial charge is 0.138 e. The minimum atomic E-state index is -0.821. The number of nitrogens with zero attached hydrogens (tertiary/aromatic N) is 3. The van der Waals surface area contributed by atoms with Gasteiger partial charge in [-0.05, 0) is 35.4 Å². The molecule has 7 nitrogen and oxygen atoms in total. The standard InChI is InChI=1S/C24H28Cl2FN3O4/c1-24(2,17-5-8-23(22(26)9-17)34-14-19(31)10-25)16-3-6-21(7-4-16)33-15-20(32)13-30-12-18(11-27)28-29-30/h3-9,12,19-20,31-32H,10-11,13-15H2,1-2H3/t19-,20+/m0/s1. The monoisotopic (exact) mass is 511 g/mol. The van der Waals surface area contributed by atoms with Crippen molar-refractivity contribution in [3.63, 3.8) is 0 Å². The van der Waals surface area contributed by atoms with Gasteiger partial charge in [0.25, 0.3) is 0 Å². The first-order valence-corrected chi connectivity index (χ1v) is 11.7. The van der Waals surface area contributed by atoms with Crippen LogP contribution in [0.5, 0.6) is 11.5 Å². The van der Waals surface area contributed by atoms with Gasteiger partial charge < -0.3 is 19.7 Å². The molecule has 0 aliphatic heterocycles. The van der Waals surface area contributed by atoms with Crippen molar-refractivity contribution in [1.29, 1.82) is 0 Å². The molecule has 0 bridgehead atoms. The Labute approximate surface area is 208 Å². The Morgan fingerprint density at radius 2 is 1.71 bits per heavy atom. The predicted molar refractivity (Wildman–Crippen MR) is 129 cm³/mol. The Morgan fingerprint density at radius 1 is 1.03 bits per heavy atom. The van der Waals surface area contributed by atoms with Crippen LogP contribution in [0.15, 0.2) is 48.7 Å². The van der Waals surface area contributed by atoms with Crippen LogP contribution in [0.3, 0.4) is 0 Å². The summed E-state index contributed by atoms with van der Waals surface area (Å²) < 4.78 is 25.2. The SMILES string of the molecule is CC(C)(c1ccc(OC[C@H](O)Cn2cc(CF)nn2)cc1)c1ccc(OC[C@@H](O)CCl)c(Cl)c1. The number of alkyl halides is 2. The molecule has 0 fully saturated rings. The van der Waals surface area contributed by atoms with Gasteiger partial charge in [0, 0.05) is 5.41 Å². The van der Waals surface area contributed by atoms with E-state index in [2.05, 4.69) is 24.2 Å². The van der Waals surface area contributed by atoms with Crippen molar-refractivity contribution in [1.82, 2.24) is 15.0 Å². The van der Waals surface area contributed by atoms with Gasteiger partial charge in [0.05, 0.1) is 23.6 Å². The van der Waals surface area contributed by atoms with E-state index in [0.29, 0.717) is 16.5 Å². The van der Waals surface area contributed by atoms with Gasteiger partial charge in [-0.3, -0.25) is 0 Å². The van der Waals surface area contributed by atoms with Gasteiger partial charge in [-0.15, -0.1) is 16.7 Å². The number of halogens is 3. The molecule has 0 saturated heterocycles. The molecule has 2 N–H and O–H groups in total. The van der Waals surface area contributed by atoms with Crippen LogP contribution < -0.4 is 9.47 Å². The number of aliphatic hydroxyl groups is 2. The van der Waals surface area contributed by atoms with Crippen molar-refractivity contribution in [2.24, 2.45) is 0 Å². The van der Waals surface area contributed by atoms with Crippen molar-refractivity contribution in [2.45, 2.75) is 44.7 Å². The predicted octanol–water partition coefficient (Wildman–Crippen LogP) is 4.15. The van der Waals surface area contributed by atoms with Crippen molar-refractivity contribution in [3.05, 3.63) is 70.5 Å². The summed E-state index contributed by atoms with van der Waals surface area (Å²) in [6, 6.07) is 13.2. The zero-order chi connectivity index (χ0) is 24.7. The van der Waals surface area contributed by atoms with Gasteiger partial charge in [0.15, 0.2) is 0 Å². The summed E-state index contributed by atoms with van der Waals surface area (Å²) in [6.45, 7) is 3.75. The van der Waals surface area contributed by atoms with Crippen LogP contribution in [0, 0.1) is 0 Å². The lowest BCUT2D eigenvalue weighted by Crippen LogP contribution is -2.24. The molecular formula is C24H28Cl2FN3O4. The Kier molecular flexibility index (Phi) is 9.13. The molecule has 0 radical (unpaired) electrons. The molecule has 0 aliphatic carbocycles. The number of hydrogen-bond acceptors (Lipinski definition) is 6. The molecule has 0 saturated carbocycles. The van der Waals surface area contributed by atoms with E-state index in [1.807, 2.05) is 36.4 Å². The lowest BCUT2D eigenvalue weighted by atomic mass is 9.78. The summed E-state index contributed by atoms with van der Waals surface area (Å²) in [5, 5.41) is 27.6. The Morgan fingerprint density at radius 3 is 2.32 bits per heavy atom. The van der Waals surface area contributed by atoms with Crippen LogP contribution in [0.25, 0.3) is 0 Å². The molecule has 0 amide bonds. The molecule has 184 valence electrons. The van der Waals surface area contributed by atoms with Gasteiger partial charge in [-0.25, -0.2) is 9.07 Å². The molecule has 2 aromatic carbocycles. The minimum absolute atomic E-state index is 0.0586. The van der Waals surface area contributed by atoms with E-state index in [1.165, 1.54) is 10.9 Å². The first-order valence-electron chi connectivity index (χ1n) is 10.8. The van der Waals surface area contributed by atoms with E-state index in [1.54, 1.807) is 6.07 Å². The number of hydrogen-bond donors (Lipinski definition) is 2. The van der Waals surface area contributed by atoms with Crippen molar-refractivity contribution in [3.8, 4) is 11.5 Å². The second kappa shape index (κ2) is 11.8. The Hall–Kier alpha value is -2.39. The fraction of sp³-hybridized carbons (Fsp3) is 0.417. The highest BCUT2D eigenvalue weighted by atomic mass is 35.5. The second-order valence-corrected chi connectivity index (χ2v) is 9.16. The third-order valence-corrected chi connectivity index (χ3v) is 6.05. The van der Waals surface area contributed by atoms with Gasteiger partial charge in [-0.2, -0.15) is 0 Å². The topological polar surface area (TPSA) is 89.6 Å². The summed E-state index contributed by atoms with van der Waals surface area (Å²) in [5.41, 5.74) is 1.91. The second-order valence-electron chi connectivity index (χ2n) is 8.44. The quantitative estimate of drug-likeness (QED) is 0.355. The van der Waals surface area contributed by atoms with Crippen molar-refractivity contribution in [2.75, 3.05) is 19.1 Å². The number of rotatable bonds is 12. The molecule has 1 heterocycles. The maximum Gasteiger partial charge on any atom is 0.138 e. The first-order chi connectivity index (χ1) is 16.2. The van der Waals surface area contributed by atoms with Crippen LogP contribution in [-0.4, -0.2) is 56.5 Å². The fourth-order valence-corrected chi connectivity index (χ4v) is 3.65. The number of aromatic nitrogens is 3. The molecule has 0 spiro atoms. The van der Waals surface area contributed by atoms with Crippen molar-refractivity contribution < 1.29 is 24.1 Å². The number of aliphatic hydroxyl groups excluding tert-OH is 2. The third kappa shape index (κ3) is 6.82. The number of benzene rings is 2. The van der Waals surface area contributed by atoms with E-state index in [9.17, 15) is 14.6 Å². The highest BCUT2D eigenvalue weighted by Crippen LogP contribution is 2.36. The summed E-state index contributed by atoms with van der Waals surface area (Å²) in [7, 11) is 0. The minimum Gasteiger partial charge on any atom is -0.491 e. The van der Waals surface area contributed by atoms with Crippen LogP contribution in [0.4, 0.5) is 4.39 Å². The molecule has 3 aromatic rings. The molecule has 34 heavy (non-hydrogen) atoms. The van der Waals surface area contributed by atoms with Gasteiger partial charge >= 0.3 is 0 Å².